The molecule has 0 amide bonds. The van der Waals surface area contributed by atoms with E-state index in [1.165, 1.54) is 11.1 Å². The zero-order valence-corrected chi connectivity index (χ0v) is 10.4. The summed E-state index contributed by atoms with van der Waals surface area (Å²) in [6.07, 6.45) is 2.70. The van der Waals surface area contributed by atoms with Crippen LogP contribution >= 0.6 is 0 Å². The van der Waals surface area contributed by atoms with Crippen molar-refractivity contribution >= 4 is 0 Å². The van der Waals surface area contributed by atoms with Crippen molar-refractivity contribution in [3.63, 3.8) is 0 Å². The second kappa shape index (κ2) is 8.74. The van der Waals surface area contributed by atoms with Gasteiger partial charge in [0.1, 0.15) is 0 Å². The maximum atomic E-state index is 8.40. The van der Waals surface area contributed by atoms with Gasteiger partial charge in [-0.05, 0) is 30.5 Å². The van der Waals surface area contributed by atoms with Gasteiger partial charge in [-0.25, -0.2) is 0 Å². The molecule has 0 radical (unpaired) electrons. The minimum atomic E-state index is 0.658. The van der Waals surface area contributed by atoms with Crippen molar-refractivity contribution in [1.82, 2.24) is 5.32 Å². The first kappa shape index (κ1) is 13.7. The molecular formula is C14H20N2O. The molecule has 0 aromatic heterocycles. The summed E-state index contributed by atoms with van der Waals surface area (Å²) in [6.45, 7) is 2.51. The Bertz CT molecular complexity index is 357. The zero-order valence-electron chi connectivity index (χ0n) is 10.4. The number of nitrogens with one attached hydrogen (secondary N) is 1. The van der Waals surface area contributed by atoms with Crippen molar-refractivity contribution in [2.45, 2.75) is 32.4 Å². The van der Waals surface area contributed by atoms with Gasteiger partial charge < -0.3 is 10.1 Å². The third-order valence-corrected chi connectivity index (χ3v) is 2.52. The van der Waals surface area contributed by atoms with E-state index < -0.39 is 0 Å². The highest BCUT2D eigenvalue weighted by Gasteiger charge is 1.95. The summed E-state index contributed by atoms with van der Waals surface area (Å²) in [4.78, 5) is 0. The molecule has 0 bridgehead atoms. The van der Waals surface area contributed by atoms with Crippen LogP contribution in [0.5, 0.6) is 0 Å². The molecule has 0 saturated carbocycles. The van der Waals surface area contributed by atoms with E-state index in [9.17, 15) is 0 Å². The van der Waals surface area contributed by atoms with Gasteiger partial charge in [-0.15, -0.1) is 0 Å². The number of rotatable bonds is 8. The Morgan fingerprint density at radius 1 is 1.29 bits per heavy atom. The molecule has 1 rings (SSSR count). The van der Waals surface area contributed by atoms with Gasteiger partial charge in [0, 0.05) is 20.1 Å². The molecule has 0 aliphatic carbocycles. The van der Waals surface area contributed by atoms with E-state index in [0.29, 0.717) is 13.0 Å². The molecule has 1 N–H and O–H groups in total. The lowest BCUT2D eigenvalue weighted by atomic mass is 10.1. The fourth-order valence-corrected chi connectivity index (χ4v) is 1.68. The van der Waals surface area contributed by atoms with E-state index in [2.05, 4.69) is 35.7 Å². The second-order valence-electron chi connectivity index (χ2n) is 4.04. The fraction of sp³-hybridized carbons (Fsp3) is 0.500. The first-order valence-electron chi connectivity index (χ1n) is 6.01. The molecule has 92 valence electrons. The van der Waals surface area contributed by atoms with Crippen LogP contribution in [0.1, 0.15) is 30.4 Å². The second-order valence-corrected chi connectivity index (χ2v) is 4.04. The lowest BCUT2D eigenvalue weighted by Gasteiger charge is -2.06. The summed E-state index contributed by atoms with van der Waals surface area (Å²) in [6, 6.07) is 10.6. The molecule has 1 aromatic carbocycles. The minimum Gasteiger partial charge on any atom is -0.380 e. The van der Waals surface area contributed by atoms with Crippen molar-refractivity contribution in [3.8, 4) is 6.07 Å². The Labute approximate surface area is 103 Å². The highest BCUT2D eigenvalue weighted by atomic mass is 16.5. The molecule has 0 atom stereocenters. The predicted molar refractivity (Wildman–Crippen MR) is 68.3 cm³/mol. The topological polar surface area (TPSA) is 45.0 Å². The van der Waals surface area contributed by atoms with Crippen LogP contribution in [0.15, 0.2) is 24.3 Å². The molecule has 0 saturated heterocycles. The van der Waals surface area contributed by atoms with Crippen LogP contribution in [0.4, 0.5) is 0 Å². The van der Waals surface area contributed by atoms with Crippen molar-refractivity contribution in [3.05, 3.63) is 35.4 Å². The van der Waals surface area contributed by atoms with Gasteiger partial charge in [-0.2, -0.15) is 5.26 Å². The lowest BCUT2D eigenvalue weighted by Crippen LogP contribution is -2.14. The number of methoxy groups -OCH3 is 1. The fourth-order valence-electron chi connectivity index (χ4n) is 1.68. The van der Waals surface area contributed by atoms with Crippen molar-refractivity contribution < 1.29 is 4.74 Å². The van der Waals surface area contributed by atoms with Gasteiger partial charge in [0.25, 0.3) is 0 Å². The highest BCUT2D eigenvalue weighted by Crippen LogP contribution is 2.06. The molecule has 17 heavy (non-hydrogen) atoms. The summed E-state index contributed by atoms with van der Waals surface area (Å²) in [5, 5.41) is 11.8. The molecule has 3 heteroatoms. The largest absolute Gasteiger partial charge is 0.380 e. The molecule has 0 heterocycles. The molecule has 0 spiro atoms. The van der Waals surface area contributed by atoms with E-state index in [1.54, 1.807) is 7.11 Å². The number of benzene rings is 1. The summed E-state index contributed by atoms with van der Waals surface area (Å²) in [5.74, 6) is 0. The number of hydrogen-bond donors (Lipinski definition) is 1. The minimum absolute atomic E-state index is 0.658. The van der Waals surface area contributed by atoms with Crippen molar-refractivity contribution in [2.75, 3.05) is 13.7 Å². The van der Waals surface area contributed by atoms with Gasteiger partial charge in [0.2, 0.25) is 0 Å². The lowest BCUT2D eigenvalue weighted by molar-refractivity contribution is 0.185. The average Bonchev–Trinajstić information content (AvgIpc) is 2.35. The predicted octanol–water partition coefficient (Wildman–Crippen LogP) is 2.62. The Kier molecular flexibility index (Phi) is 7.04. The number of nitriles is 1. The third kappa shape index (κ3) is 6.06. The van der Waals surface area contributed by atoms with E-state index >= 15 is 0 Å². The van der Waals surface area contributed by atoms with Crippen molar-refractivity contribution in [2.24, 2.45) is 0 Å². The molecule has 1 aromatic rings. The molecule has 0 aliphatic heterocycles. The average molecular weight is 232 g/mol. The van der Waals surface area contributed by atoms with Gasteiger partial charge in [0.05, 0.1) is 12.7 Å². The summed E-state index contributed by atoms with van der Waals surface area (Å²) >= 11 is 0. The van der Waals surface area contributed by atoms with Gasteiger partial charge in [-0.3, -0.25) is 0 Å². The van der Waals surface area contributed by atoms with Crippen LogP contribution in [0, 0.1) is 11.3 Å². The van der Waals surface area contributed by atoms with Gasteiger partial charge >= 0.3 is 0 Å². The normalized spacial score (nSPS) is 10.1. The summed E-state index contributed by atoms with van der Waals surface area (Å²) < 4.78 is 5.10. The summed E-state index contributed by atoms with van der Waals surface area (Å²) in [7, 11) is 1.71. The van der Waals surface area contributed by atoms with Crippen LogP contribution in [-0.2, 0) is 17.9 Å². The quantitative estimate of drug-likeness (QED) is 0.701. The maximum Gasteiger partial charge on any atom is 0.0713 e. The van der Waals surface area contributed by atoms with Crippen LogP contribution in [-0.4, -0.2) is 13.7 Å². The highest BCUT2D eigenvalue weighted by molar-refractivity contribution is 5.22. The standard InChI is InChI=1S/C14H20N2O/c1-17-12-14-7-5-6-13(10-14)11-16-9-4-2-3-8-15/h5-7,10,16H,2-4,9,11-12H2,1H3. The molecule has 0 aliphatic rings. The van der Waals surface area contributed by atoms with Crippen LogP contribution in [0.2, 0.25) is 0 Å². The van der Waals surface area contributed by atoms with E-state index in [1.807, 2.05) is 0 Å². The third-order valence-electron chi connectivity index (χ3n) is 2.52. The Morgan fingerprint density at radius 3 is 2.88 bits per heavy atom. The van der Waals surface area contributed by atoms with E-state index in [4.69, 9.17) is 10.00 Å². The number of hydrogen-bond acceptors (Lipinski definition) is 3. The first-order valence-corrected chi connectivity index (χ1v) is 6.01. The van der Waals surface area contributed by atoms with E-state index in [0.717, 1.165) is 25.9 Å². The Balaban J connectivity index is 2.22. The van der Waals surface area contributed by atoms with Gasteiger partial charge in [-0.1, -0.05) is 24.3 Å². The zero-order chi connectivity index (χ0) is 12.3. The number of unbranched alkanes of at least 4 members (excludes halogenated alkanes) is 2. The van der Waals surface area contributed by atoms with Gasteiger partial charge in [0.15, 0.2) is 0 Å². The summed E-state index contributed by atoms with van der Waals surface area (Å²) in [5.41, 5.74) is 2.48. The monoisotopic (exact) mass is 232 g/mol. The van der Waals surface area contributed by atoms with Crippen LogP contribution < -0.4 is 5.32 Å². The number of nitrogens with zero attached hydrogens (tertiary/aromatic N) is 1. The Hall–Kier alpha value is -1.37. The van der Waals surface area contributed by atoms with E-state index in [-0.39, 0.29) is 0 Å². The van der Waals surface area contributed by atoms with Crippen LogP contribution in [0.25, 0.3) is 0 Å². The number of ether oxygens (including phenoxy) is 1. The molecular weight excluding hydrogens is 212 g/mol. The first-order chi connectivity index (χ1) is 8.36. The smallest absolute Gasteiger partial charge is 0.0713 e. The van der Waals surface area contributed by atoms with Crippen molar-refractivity contribution in [1.29, 1.82) is 5.26 Å². The molecule has 3 nitrogen and oxygen atoms in total. The SMILES string of the molecule is COCc1cccc(CNCCCCC#N)c1. The van der Waals surface area contributed by atoms with Crippen LogP contribution in [0.3, 0.4) is 0 Å². The molecule has 0 unspecified atom stereocenters. The molecule has 0 fully saturated rings. The Morgan fingerprint density at radius 2 is 2.12 bits per heavy atom. The maximum absolute atomic E-state index is 8.40.